The van der Waals surface area contributed by atoms with Crippen LogP contribution in [0.4, 0.5) is 0 Å². The van der Waals surface area contributed by atoms with Crippen LogP contribution in [0.2, 0.25) is 0 Å². The molecule has 1 nitrogen and oxygen atoms in total. The molecule has 0 fully saturated rings. The highest BCUT2D eigenvalue weighted by Gasteiger charge is 1.67. The van der Waals surface area contributed by atoms with Gasteiger partial charge in [0.25, 0.3) is 0 Å². The maximum absolute atomic E-state index is 5.14. The first kappa shape index (κ1) is 15.7. The van der Waals surface area contributed by atoms with Crippen molar-refractivity contribution in [3.63, 3.8) is 0 Å². The number of rotatable bonds is 2. The van der Waals surface area contributed by atoms with Crippen molar-refractivity contribution in [1.82, 2.24) is 0 Å². The highest BCUT2D eigenvalue weighted by Crippen LogP contribution is 1.77. The Bertz CT molecular complexity index is 19.2. The van der Waals surface area contributed by atoms with E-state index >= 15 is 0 Å². The molecule has 1 unspecified atom stereocenters. The molecule has 0 saturated heterocycles. The first-order valence-corrected chi connectivity index (χ1v) is 2.12. The standard InChI is InChI=1S/C4H11N.HI.H3P/c1-2-3-4-5;;/h2-5H2,1H3;1H;1H3. The van der Waals surface area contributed by atoms with E-state index < -0.39 is 0 Å². The fourth-order valence-electron chi connectivity index (χ4n) is 0.204. The minimum atomic E-state index is 0. The average molecular weight is 235 g/mol. The fourth-order valence-corrected chi connectivity index (χ4v) is 0.204. The molecule has 0 aliphatic carbocycles. The Morgan fingerprint density at radius 2 is 1.86 bits per heavy atom. The van der Waals surface area contributed by atoms with Crippen LogP contribution in [0.15, 0.2) is 0 Å². The van der Waals surface area contributed by atoms with Crippen LogP contribution in [0.25, 0.3) is 0 Å². The van der Waals surface area contributed by atoms with E-state index in [1.165, 1.54) is 12.8 Å². The number of nitrogens with two attached hydrogens (primary N) is 1. The minimum absolute atomic E-state index is 0. The molecule has 0 saturated carbocycles. The van der Waals surface area contributed by atoms with Crippen molar-refractivity contribution in [2.24, 2.45) is 5.73 Å². The van der Waals surface area contributed by atoms with E-state index in [0.29, 0.717) is 0 Å². The highest BCUT2D eigenvalue weighted by atomic mass is 127. The predicted molar refractivity (Wildman–Crippen MR) is 50.5 cm³/mol. The zero-order valence-corrected chi connectivity index (χ0v) is 8.56. The Morgan fingerprint density at radius 3 is 1.86 bits per heavy atom. The lowest BCUT2D eigenvalue weighted by Gasteiger charge is -1.80. The second-order valence-corrected chi connectivity index (χ2v) is 1.14. The molecule has 2 N–H and O–H groups in total. The van der Waals surface area contributed by atoms with Gasteiger partial charge in [0.1, 0.15) is 0 Å². The second kappa shape index (κ2) is 15.7. The summed E-state index contributed by atoms with van der Waals surface area (Å²) in [6.45, 7) is 2.98. The van der Waals surface area contributed by atoms with Gasteiger partial charge < -0.3 is 5.73 Å². The maximum atomic E-state index is 5.14. The minimum Gasteiger partial charge on any atom is -0.330 e. The molecule has 0 aromatic rings. The Kier molecular flexibility index (Phi) is 35.2. The summed E-state index contributed by atoms with van der Waals surface area (Å²) in [5.74, 6) is 0. The van der Waals surface area contributed by atoms with E-state index in [1.54, 1.807) is 0 Å². The second-order valence-electron chi connectivity index (χ2n) is 1.14. The van der Waals surface area contributed by atoms with E-state index in [2.05, 4.69) is 6.92 Å². The molecule has 0 aliphatic rings. The summed E-state index contributed by atoms with van der Waals surface area (Å²) < 4.78 is 0. The van der Waals surface area contributed by atoms with Crippen LogP contribution in [-0.2, 0) is 0 Å². The monoisotopic (exact) mass is 235 g/mol. The molecule has 0 aromatic carbocycles. The van der Waals surface area contributed by atoms with Gasteiger partial charge in [0, 0.05) is 0 Å². The molecule has 0 rings (SSSR count). The van der Waals surface area contributed by atoms with E-state index in [1.807, 2.05) is 0 Å². The number of unbranched alkanes of at least 4 members (excludes halogenated alkanes) is 1. The summed E-state index contributed by atoms with van der Waals surface area (Å²) in [5.41, 5.74) is 5.14. The van der Waals surface area contributed by atoms with E-state index in [4.69, 9.17) is 5.73 Å². The molecular formula is C4H15INP. The Balaban J connectivity index is -0.0000000800. The van der Waals surface area contributed by atoms with Crippen molar-refractivity contribution < 1.29 is 0 Å². The van der Waals surface area contributed by atoms with Crippen molar-refractivity contribution in [1.29, 1.82) is 0 Å². The first-order chi connectivity index (χ1) is 2.41. The van der Waals surface area contributed by atoms with Crippen LogP contribution in [0.3, 0.4) is 0 Å². The Labute approximate surface area is 66.1 Å². The van der Waals surface area contributed by atoms with Crippen LogP contribution in [0, 0.1) is 0 Å². The molecule has 0 amide bonds. The highest BCUT2D eigenvalue weighted by molar-refractivity contribution is 14.0. The summed E-state index contributed by atoms with van der Waals surface area (Å²) in [4.78, 5) is 0. The molecule has 7 heavy (non-hydrogen) atoms. The van der Waals surface area contributed by atoms with E-state index in [0.717, 1.165) is 6.54 Å². The van der Waals surface area contributed by atoms with Crippen molar-refractivity contribution in [3.05, 3.63) is 0 Å². The third-order valence-electron chi connectivity index (χ3n) is 0.558. The molecule has 1 atom stereocenters. The lowest BCUT2D eigenvalue weighted by molar-refractivity contribution is 0.807. The quantitative estimate of drug-likeness (QED) is 0.568. The molecule has 0 bridgehead atoms. The number of halogens is 1. The molecular weight excluding hydrogens is 220 g/mol. The molecule has 48 valence electrons. The summed E-state index contributed by atoms with van der Waals surface area (Å²) in [5, 5.41) is 0. The van der Waals surface area contributed by atoms with Gasteiger partial charge in [-0.2, -0.15) is 9.90 Å². The summed E-state index contributed by atoms with van der Waals surface area (Å²) in [6.07, 6.45) is 2.39. The van der Waals surface area contributed by atoms with Gasteiger partial charge >= 0.3 is 0 Å². The van der Waals surface area contributed by atoms with Crippen LogP contribution in [0.5, 0.6) is 0 Å². The lowest BCUT2D eigenvalue weighted by atomic mass is 10.3. The average Bonchev–Trinajstić information content (AvgIpc) is 1.41. The fraction of sp³-hybridized carbons (Fsp3) is 1.00. The van der Waals surface area contributed by atoms with Gasteiger partial charge in [0.2, 0.25) is 0 Å². The number of hydrogen-bond donors (Lipinski definition) is 1. The third-order valence-corrected chi connectivity index (χ3v) is 0.558. The van der Waals surface area contributed by atoms with Gasteiger partial charge in [-0.05, 0) is 13.0 Å². The van der Waals surface area contributed by atoms with Crippen molar-refractivity contribution in [2.75, 3.05) is 6.54 Å². The Morgan fingerprint density at radius 1 is 1.43 bits per heavy atom. The summed E-state index contributed by atoms with van der Waals surface area (Å²) >= 11 is 0. The largest absolute Gasteiger partial charge is 0.330 e. The number of hydrogen-bond acceptors (Lipinski definition) is 1. The topological polar surface area (TPSA) is 26.0 Å². The Hall–Kier alpha value is 1.12. The van der Waals surface area contributed by atoms with Crippen LogP contribution >= 0.6 is 33.9 Å². The maximum Gasteiger partial charge on any atom is -0.00774 e. The molecule has 0 radical (unpaired) electrons. The first-order valence-electron chi connectivity index (χ1n) is 2.12. The van der Waals surface area contributed by atoms with Gasteiger partial charge in [-0.15, -0.1) is 24.0 Å². The normalized spacial score (nSPS) is 6.00. The summed E-state index contributed by atoms with van der Waals surface area (Å²) in [6, 6.07) is 0. The van der Waals surface area contributed by atoms with Crippen LogP contribution in [-0.4, -0.2) is 6.54 Å². The van der Waals surface area contributed by atoms with E-state index in [9.17, 15) is 0 Å². The van der Waals surface area contributed by atoms with Crippen molar-refractivity contribution >= 4 is 33.9 Å². The molecule has 0 spiro atoms. The lowest BCUT2D eigenvalue weighted by Crippen LogP contribution is -1.95. The van der Waals surface area contributed by atoms with Gasteiger partial charge in [0.15, 0.2) is 0 Å². The van der Waals surface area contributed by atoms with E-state index in [-0.39, 0.29) is 33.9 Å². The van der Waals surface area contributed by atoms with Crippen LogP contribution in [0.1, 0.15) is 19.8 Å². The zero-order valence-electron chi connectivity index (χ0n) is 4.81. The predicted octanol–water partition coefficient (Wildman–Crippen LogP) is 1.42. The molecule has 0 aromatic heterocycles. The smallest absolute Gasteiger partial charge is 0.00774 e. The summed E-state index contributed by atoms with van der Waals surface area (Å²) in [7, 11) is 0. The molecule has 3 heteroatoms. The molecule has 0 heterocycles. The van der Waals surface area contributed by atoms with Crippen molar-refractivity contribution in [2.45, 2.75) is 19.8 Å². The SMILES string of the molecule is CCCCN.I.P. The van der Waals surface area contributed by atoms with Crippen molar-refractivity contribution in [3.8, 4) is 0 Å². The van der Waals surface area contributed by atoms with Gasteiger partial charge in [-0.1, -0.05) is 13.3 Å². The van der Waals surface area contributed by atoms with Gasteiger partial charge in [-0.3, -0.25) is 0 Å². The van der Waals surface area contributed by atoms with Gasteiger partial charge in [0.05, 0.1) is 0 Å². The molecule has 0 aliphatic heterocycles. The van der Waals surface area contributed by atoms with Gasteiger partial charge in [-0.25, -0.2) is 0 Å². The third kappa shape index (κ3) is 19.2. The zero-order chi connectivity index (χ0) is 4.12. The van der Waals surface area contributed by atoms with Crippen LogP contribution < -0.4 is 5.73 Å².